The third kappa shape index (κ3) is 3.51. The molecule has 6 heteroatoms. The molecule has 2 rings (SSSR count). The number of carbonyl (C=O) groups is 1. The molecule has 114 valence electrons. The molecule has 2 aromatic rings. The molecular weight excluding hydrogens is 286 g/mol. The van der Waals surface area contributed by atoms with Crippen LogP contribution in [-0.2, 0) is 4.74 Å². The first-order valence-corrected chi connectivity index (χ1v) is 7.87. The minimum absolute atomic E-state index is 0.0324. The molecule has 0 aliphatic rings. The van der Waals surface area contributed by atoms with E-state index in [-0.39, 0.29) is 17.9 Å². The summed E-state index contributed by atoms with van der Waals surface area (Å²) < 4.78 is 5.43. The topological polar surface area (TPSA) is 77.2 Å². The SMILES string of the molecule is CCOCC(NC(=O)c1sc2ncccc2c1N)C(C)C. The average molecular weight is 307 g/mol. The van der Waals surface area contributed by atoms with Gasteiger partial charge in [0.25, 0.3) is 5.91 Å². The van der Waals surface area contributed by atoms with E-state index >= 15 is 0 Å². The number of hydrogen-bond donors (Lipinski definition) is 2. The Kier molecular flexibility index (Phi) is 5.14. The van der Waals surface area contributed by atoms with Gasteiger partial charge in [-0.25, -0.2) is 4.98 Å². The summed E-state index contributed by atoms with van der Waals surface area (Å²) in [5.41, 5.74) is 6.57. The van der Waals surface area contributed by atoms with Gasteiger partial charge in [-0.15, -0.1) is 11.3 Å². The van der Waals surface area contributed by atoms with Crippen molar-refractivity contribution in [1.82, 2.24) is 10.3 Å². The first kappa shape index (κ1) is 15.7. The van der Waals surface area contributed by atoms with Crippen LogP contribution >= 0.6 is 11.3 Å². The first-order valence-electron chi connectivity index (χ1n) is 7.06. The number of nitrogen functional groups attached to an aromatic ring is 1. The van der Waals surface area contributed by atoms with Gasteiger partial charge in [0.2, 0.25) is 0 Å². The molecule has 1 amide bonds. The third-order valence-corrected chi connectivity index (χ3v) is 4.46. The highest BCUT2D eigenvalue weighted by Gasteiger charge is 2.21. The zero-order chi connectivity index (χ0) is 15.4. The number of nitrogens with two attached hydrogens (primary N) is 1. The standard InChI is InChI=1S/C15H21N3O2S/c1-4-20-8-11(9(2)3)18-14(19)13-12(16)10-6-5-7-17-15(10)21-13/h5-7,9,11H,4,8,16H2,1-3H3,(H,18,19). The van der Waals surface area contributed by atoms with E-state index in [0.29, 0.717) is 23.8 Å². The molecule has 0 aliphatic heterocycles. The highest BCUT2D eigenvalue weighted by atomic mass is 32.1. The molecular formula is C15H21N3O2S. The van der Waals surface area contributed by atoms with Crippen molar-refractivity contribution in [1.29, 1.82) is 0 Å². The van der Waals surface area contributed by atoms with Crippen LogP contribution in [0.2, 0.25) is 0 Å². The van der Waals surface area contributed by atoms with Crippen molar-refractivity contribution in [2.45, 2.75) is 26.8 Å². The molecule has 0 saturated carbocycles. The lowest BCUT2D eigenvalue weighted by molar-refractivity contribution is 0.0810. The van der Waals surface area contributed by atoms with Crippen molar-refractivity contribution < 1.29 is 9.53 Å². The Balaban J connectivity index is 2.19. The molecule has 1 atom stereocenters. The van der Waals surface area contributed by atoms with Gasteiger partial charge >= 0.3 is 0 Å². The van der Waals surface area contributed by atoms with Gasteiger partial charge in [0.05, 0.1) is 18.3 Å². The Labute approximate surface area is 128 Å². The minimum atomic E-state index is -0.158. The fourth-order valence-electron chi connectivity index (χ4n) is 2.00. The van der Waals surface area contributed by atoms with Crippen molar-refractivity contribution in [2.75, 3.05) is 18.9 Å². The van der Waals surface area contributed by atoms with Crippen molar-refractivity contribution in [3.8, 4) is 0 Å². The molecule has 0 radical (unpaired) electrons. The molecule has 5 nitrogen and oxygen atoms in total. The fourth-order valence-corrected chi connectivity index (χ4v) is 2.97. The number of thiophene rings is 1. The summed E-state index contributed by atoms with van der Waals surface area (Å²) in [7, 11) is 0. The van der Waals surface area contributed by atoms with Crippen LogP contribution in [0, 0.1) is 5.92 Å². The number of carbonyl (C=O) groups excluding carboxylic acids is 1. The van der Waals surface area contributed by atoms with Crippen LogP contribution in [0.3, 0.4) is 0 Å². The molecule has 0 bridgehead atoms. The van der Waals surface area contributed by atoms with Gasteiger partial charge in [-0.05, 0) is 25.0 Å². The lowest BCUT2D eigenvalue weighted by Gasteiger charge is -2.21. The highest BCUT2D eigenvalue weighted by molar-refractivity contribution is 7.21. The molecule has 0 fully saturated rings. The van der Waals surface area contributed by atoms with Crippen LogP contribution in [-0.4, -0.2) is 30.1 Å². The van der Waals surface area contributed by atoms with Gasteiger partial charge in [-0.3, -0.25) is 4.79 Å². The van der Waals surface area contributed by atoms with Crippen molar-refractivity contribution in [2.24, 2.45) is 5.92 Å². The smallest absolute Gasteiger partial charge is 0.263 e. The predicted molar refractivity (Wildman–Crippen MR) is 86.6 cm³/mol. The number of rotatable bonds is 6. The van der Waals surface area contributed by atoms with E-state index in [1.807, 2.05) is 19.1 Å². The average Bonchev–Trinajstić information content (AvgIpc) is 2.81. The number of hydrogen-bond acceptors (Lipinski definition) is 5. The largest absolute Gasteiger partial charge is 0.397 e. The zero-order valence-corrected chi connectivity index (χ0v) is 13.4. The van der Waals surface area contributed by atoms with Gasteiger partial charge < -0.3 is 15.8 Å². The van der Waals surface area contributed by atoms with Crippen LogP contribution in [0.1, 0.15) is 30.4 Å². The molecule has 21 heavy (non-hydrogen) atoms. The normalized spacial score (nSPS) is 12.8. The molecule has 0 saturated heterocycles. The van der Waals surface area contributed by atoms with E-state index in [1.165, 1.54) is 11.3 Å². The molecule has 2 aromatic heterocycles. The van der Waals surface area contributed by atoms with E-state index in [1.54, 1.807) is 6.20 Å². The van der Waals surface area contributed by atoms with Gasteiger partial charge in [-0.1, -0.05) is 13.8 Å². The van der Waals surface area contributed by atoms with Gasteiger partial charge in [0.15, 0.2) is 0 Å². The van der Waals surface area contributed by atoms with Crippen LogP contribution in [0.4, 0.5) is 5.69 Å². The fraction of sp³-hybridized carbons (Fsp3) is 0.467. The Hall–Kier alpha value is -1.66. The Morgan fingerprint density at radius 3 is 2.90 bits per heavy atom. The van der Waals surface area contributed by atoms with Crippen LogP contribution in [0.15, 0.2) is 18.3 Å². The van der Waals surface area contributed by atoms with Crippen molar-refractivity contribution in [3.05, 3.63) is 23.2 Å². The summed E-state index contributed by atoms with van der Waals surface area (Å²) in [6.45, 7) is 7.19. The number of pyridine rings is 1. The van der Waals surface area contributed by atoms with E-state index in [4.69, 9.17) is 10.5 Å². The van der Waals surface area contributed by atoms with Crippen LogP contribution in [0.25, 0.3) is 10.2 Å². The number of anilines is 1. The highest BCUT2D eigenvalue weighted by Crippen LogP contribution is 2.31. The number of aromatic nitrogens is 1. The van der Waals surface area contributed by atoms with Crippen LogP contribution in [0.5, 0.6) is 0 Å². The lowest BCUT2D eigenvalue weighted by Crippen LogP contribution is -2.41. The summed E-state index contributed by atoms with van der Waals surface area (Å²) in [5, 5.41) is 3.84. The van der Waals surface area contributed by atoms with Crippen molar-refractivity contribution in [3.63, 3.8) is 0 Å². The van der Waals surface area contributed by atoms with Crippen LogP contribution < -0.4 is 11.1 Å². The van der Waals surface area contributed by atoms with E-state index in [2.05, 4.69) is 24.1 Å². The second-order valence-electron chi connectivity index (χ2n) is 5.18. The molecule has 1 unspecified atom stereocenters. The monoisotopic (exact) mass is 307 g/mol. The summed E-state index contributed by atoms with van der Waals surface area (Å²) in [6, 6.07) is 3.67. The second kappa shape index (κ2) is 6.87. The second-order valence-corrected chi connectivity index (χ2v) is 6.18. The summed E-state index contributed by atoms with van der Waals surface area (Å²) >= 11 is 1.32. The lowest BCUT2D eigenvalue weighted by atomic mass is 10.1. The number of ether oxygens (including phenoxy) is 1. The van der Waals surface area contributed by atoms with E-state index in [9.17, 15) is 4.79 Å². The van der Waals surface area contributed by atoms with Crippen molar-refractivity contribution >= 4 is 33.1 Å². The summed E-state index contributed by atoms with van der Waals surface area (Å²) in [5.74, 6) is 0.128. The molecule has 0 aliphatic carbocycles. The number of fused-ring (bicyclic) bond motifs is 1. The van der Waals surface area contributed by atoms with E-state index < -0.39 is 0 Å². The molecule has 0 spiro atoms. The maximum atomic E-state index is 12.4. The van der Waals surface area contributed by atoms with E-state index in [0.717, 1.165) is 10.2 Å². The number of amides is 1. The summed E-state index contributed by atoms with van der Waals surface area (Å²) in [6.07, 6.45) is 1.70. The maximum Gasteiger partial charge on any atom is 0.263 e. The Bertz CT molecular complexity index is 624. The molecule has 0 aromatic carbocycles. The number of nitrogens with one attached hydrogen (secondary N) is 1. The Morgan fingerprint density at radius 1 is 1.52 bits per heavy atom. The molecule has 3 N–H and O–H groups in total. The quantitative estimate of drug-likeness (QED) is 0.860. The first-order chi connectivity index (χ1) is 10.0. The summed E-state index contributed by atoms with van der Waals surface area (Å²) in [4.78, 5) is 18.0. The Morgan fingerprint density at radius 2 is 2.29 bits per heavy atom. The van der Waals surface area contributed by atoms with Gasteiger partial charge in [-0.2, -0.15) is 0 Å². The zero-order valence-electron chi connectivity index (χ0n) is 12.6. The maximum absolute atomic E-state index is 12.4. The third-order valence-electron chi connectivity index (χ3n) is 3.33. The predicted octanol–water partition coefficient (Wildman–Crippen LogP) is 2.67. The number of nitrogens with zero attached hydrogens (tertiary/aromatic N) is 1. The van der Waals surface area contributed by atoms with Gasteiger partial charge in [0.1, 0.15) is 9.71 Å². The minimum Gasteiger partial charge on any atom is -0.397 e. The molecule has 2 heterocycles. The van der Waals surface area contributed by atoms with Gasteiger partial charge in [0, 0.05) is 18.2 Å².